The summed E-state index contributed by atoms with van der Waals surface area (Å²) in [6.07, 6.45) is 10.9. The molecule has 1 aromatic heterocycles. The molecular formula is C51H35NS. The molecule has 1 atom stereocenters. The lowest BCUT2D eigenvalue weighted by atomic mass is 9.51. The molecule has 0 amide bonds. The van der Waals surface area contributed by atoms with E-state index in [-0.39, 0.29) is 0 Å². The summed E-state index contributed by atoms with van der Waals surface area (Å²) in [5.41, 5.74) is 17.5. The van der Waals surface area contributed by atoms with Crippen LogP contribution in [0, 0.1) is 0 Å². The molecule has 0 radical (unpaired) electrons. The lowest BCUT2D eigenvalue weighted by Gasteiger charge is -2.50. The maximum atomic E-state index is 5.00. The van der Waals surface area contributed by atoms with Crippen LogP contribution < -0.4 is 0 Å². The Morgan fingerprint density at radius 1 is 0.453 bits per heavy atom. The van der Waals surface area contributed by atoms with Crippen molar-refractivity contribution >= 4 is 21.6 Å². The van der Waals surface area contributed by atoms with Crippen LogP contribution in [0.2, 0.25) is 0 Å². The molecule has 2 spiro atoms. The third kappa shape index (κ3) is 4.22. The number of allylic oxidation sites excluding steroid dienone is 4. The van der Waals surface area contributed by atoms with Gasteiger partial charge in [0.25, 0.3) is 0 Å². The van der Waals surface area contributed by atoms with E-state index >= 15 is 0 Å². The second-order valence-corrected chi connectivity index (χ2v) is 15.5. The Balaban J connectivity index is 1.26. The molecule has 0 N–H and O–H groups in total. The van der Waals surface area contributed by atoms with Crippen LogP contribution in [-0.4, -0.2) is 4.98 Å². The molecular weight excluding hydrogens is 659 g/mol. The van der Waals surface area contributed by atoms with Crippen molar-refractivity contribution in [2.45, 2.75) is 23.7 Å². The van der Waals surface area contributed by atoms with Crippen LogP contribution in [0.3, 0.4) is 0 Å². The van der Waals surface area contributed by atoms with Crippen LogP contribution in [0.4, 0.5) is 0 Å². The summed E-state index contributed by atoms with van der Waals surface area (Å²) in [5, 5.41) is 1.05. The molecule has 7 aromatic carbocycles. The van der Waals surface area contributed by atoms with Crippen molar-refractivity contribution in [3.63, 3.8) is 0 Å². The molecule has 0 aliphatic heterocycles. The van der Waals surface area contributed by atoms with Gasteiger partial charge < -0.3 is 0 Å². The summed E-state index contributed by atoms with van der Waals surface area (Å²) in [6, 6.07) is 61.6. The summed E-state index contributed by atoms with van der Waals surface area (Å²) in [7, 11) is 0. The maximum Gasteiger partial charge on any atom is 0.124 e. The van der Waals surface area contributed by atoms with Gasteiger partial charge in [-0.15, -0.1) is 11.3 Å². The zero-order valence-corrected chi connectivity index (χ0v) is 30.0. The zero-order valence-electron chi connectivity index (χ0n) is 29.2. The summed E-state index contributed by atoms with van der Waals surface area (Å²) >= 11 is 1.76. The molecule has 0 fully saturated rings. The van der Waals surface area contributed by atoms with Crippen molar-refractivity contribution in [2.75, 3.05) is 0 Å². The molecule has 0 bridgehead atoms. The van der Waals surface area contributed by atoms with Crippen LogP contribution in [-0.2, 0) is 17.3 Å². The van der Waals surface area contributed by atoms with E-state index in [2.05, 4.69) is 188 Å². The Morgan fingerprint density at radius 2 is 1.04 bits per heavy atom. The third-order valence-corrected chi connectivity index (χ3v) is 13.1. The fourth-order valence-corrected chi connectivity index (χ4v) is 10.9. The van der Waals surface area contributed by atoms with E-state index in [4.69, 9.17) is 4.98 Å². The van der Waals surface area contributed by atoms with Crippen LogP contribution >= 0.6 is 11.3 Å². The standard InChI is InChI=1S/C51H35NS/c1-2-14-33-50(40-21-7-4-17-35(40)16-3-1)43-24-10-11-25-44(43)51(41-22-8-5-18-38(41)39-19-6-9-23-42(39)51)45-26-15-20-37(48(45)50)34-29-31-36(32-30-34)49-52-46-27-12-13-28-47(46)53-49/h1-15,17-32H,16,33H2/b3-1-,14-2-. The first kappa shape index (κ1) is 30.5. The summed E-state index contributed by atoms with van der Waals surface area (Å²) < 4.78 is 1.22. The normalized spacial score (nSPS) is 18.6. The summed E-state index contributed by atoms with van der Waals surface area (Å²) in [5.74, 6) is 0. The van der Waals surface area contributed by atoms with Crippen molar-refractivity contribution in [1.82, 2.24) is 4.98 Å². The van der Waals surface area contributed by atoms with Crippen LogP contribution in [0.1, 0.15) is 50.9 Å². The highest BCUT2D eigenvalue weighted by atomic mass is 32.1. The minimum absolute atomic E-state index is 0.439. The molecule has 1 nitrogen and oxygen atoms in total. The molecule has 53 heavy (non-hydrogen) atoms. The number of hydrogen-bond acceptors (Lipinski definition) is 2. The molecule has 250 valence electrons. The van der Waals surface area contributed by atoms with Crippen molar-refractivity contribution < 1.29 is 0 Å². The number of benzene rings is 7. The van der Waals surface area contributed by atoms with E-state index in [0.29, 0.717) is 0 Å². The van der Waals surface area contributed by atoms with Crippen LogP contribution in [0.15, 0.2) is 188 Å². The minimum Gasteiger partial charge on any atom is -0.236 e. The molecule has 1 heterocycles. The highest BCUT2D eigenvalue weighted by Gasteiger charge is 2.56. The molecule has 1 unspecified atom stereocenters. The summed E-state index contributed by atoms with van der Waals surface area (Å²) in [4.78, 5) is 5.00. The van der Waals surface area contributed by atoms with Crippen LogP contribution in [0.5, 0.6) is 0 Å². The minimum atomic E-state index is -0.476. The van der Waals surface area contributed by atoms with Gasteiger partial charge in [0.15, 0.2) is 0 Å². The largest absolute Gasteiger partial charge is 0.236 e. The zero-order chi connectivity index (χ0) is 35.0. The molecule has 0 saturated carbocycles. The van der Waals surface area contributed by atoms with Crippen molar-refractivity contribution in [3.05, 3.63) is 233 Å². The van der Waals surface area contributed by atoms with Crippen molar-refractivity contribution in [1.29, 1.82) is 0 Å². The maximum absolute atomic E-state index is 5.00. The van der Waals surface area contributed by atoms with Gasteiger partial charge in [0.1, 0.15) is 5.01 Å². The number of fused-ring (bicyclic) bond motifs is 14. The van der Waals surface area contributed by atoms with Crippen molar-refractivity contribution in [2.24, 2.45) is 0 Å². The third-order valence-electron chi connectivity index (χ3n) is 12.0. The topological polar surface area (TPSA) is 12.9 Å². The van der Waals surface area contributed by atoms with E-state index < -0.39 is 10.8 Å². The van der Waals surface area contributed by atoms with Gasteiger partial charge in [-0.3, -0.25) is 0 Å². The number of thiazole rings is 1. The fourth-order valence-electron chi connectivity index (χ4n) is 9.94. The summed E-state index contributed by atoms with van der Waals surface area (Å²) in [6.45, 7) is 0. The van der Waals surface area contributed by atoms with Crippen molar-refractivity contribution in [3.8, 4) is 32.8 Å². The predicted molar refractivity (Wildman–Crippen MR) is 221 cm³/mol. The number of aromatic nitrogens is 1. The Labute approximate surface area is 314 Å². The monoisotopic (exact) mass is 693 g/mol. The number of rotatable bonds is 2. The molecule has 3 aliphatic carbocycles. The smallest absolute Gasteiger partial charge is 0.124 e. The highest BCUT2D eigenvalue weighted by Crippen LogP contribution is 2.65. The number of hydrogen-bond donors (Lipinski definition) is 0. The van der Waals surface area contributed by atoms with E-state index in [1.165, 1.54) is 71.5 Å². The first-order valence-electron chi connectivity index (χ1n) is 18.6. The Hall–Kier alpha value is -6.09. The molecule has 11 rings (SSSR count). The average Bonchev–Trinajstić information content (AvgIpc) is 3.81. The second kappa shape index (κ2) is 11.7. The fraction of sp³-hybridized carbons (Fsp3) is 0.0784. The van der Waals surface area contributed by atoms with Gasteiger partial charge >= 0.3 is 0 Å². The van der Waals surface area contributed by atoms with Gasteiger partial charge in [0.05, 0.1) is 21.0 Å². The van der Waals surface area contributed by atoms with E-state index in [1.807, 2.05) is 0 Å². The van der Waals surface area contributed by atoms with E-state index in [1.54, 1.807) is 11.3 Å². The first-order chi connectivity index (χ1) is 26.3. The van der Waals surface area contributed by atoms with Gasteiger partial charge in [0, 0.05) is 5.56 Å². The Kier molecular flexibility index (Phi) is 6.75. The first-order valence-corrected chi connectivity index (χ1v) is 19.4. The SMILES string of the molecule is C1=C\Cc2ccccc2C2(C\C=C/1)c1ccccc1C1(c3ccccc3-c3ccccc31)c1cccc(-c3ccc(-c4nc5ccccc5s4)cc3)c12. The van der Waals surface area contributed by atoms with Crippen LogP contribution in [0.25, 0.3) is 43.0 Å². The van der Waals surface area contributed by atoms with Gasteiger partial charge in [0.2, 0.25) is 0 Å². The van der Waals surface area contributed by atoms with Gasteiger partial charge in [-0.05, 0) is 91.7 Å². The lowest BCUT2D eigenvalue weighted by molar-refractivity contribution is 0.556. The predicted octanol–water partition coefficient (Wildman–Crippen LogP) is 12.7. The number of nitrogens with zero attached hydrogens (tertiary/aromatic N) is 1. The van der Waals surface area contributed by atoms with Gasteiger partial charge in [-0.25, -0.2) is 4.98 Å². The molecule has 8 aromatic rings. The number of para-hydroxylation sites is 1. The van der Waals surface area contributed by atoms with Gasteiger partial charge in [-0.1, -0.05) is 176 Å². The molecule has 0 saturated heterocycles. The quantitative estimate of drug-likeness (QED) is 0.176. The highest BCUT2D eigenvalue weighted by molar-refractivity contribution is 7.21. The Bertz CT molecular complexity index is 2720. The molecule has 2 heteroatoms. The second-order valence-electron chi connectivity index (χ2n) is 14.5. The van der Waals surface area contributed by atoms with E-state index in [9.17, 15) is 0 Å². The van der Waals surface area contributed by atoms with E-state index in [0.717, 1.165) is 28.9 Å². The lowest BCUT2D eigenvalue weighted by Crippen LogP contribution is -2.44. The van der Waals surface area contributed by atoms with Gasteiger partial charge in [-0.2, -0.15) is 0 Å². The molecule has 3 aliphatic rings. The Morgan fingerprint density at radius 3 is 1.81 bits per heavy atom. The average molecular weight is 694 g/mol.